The molecule has 0 atom stereocenters. The van der Waals surface area contributed by atoms with Crippen molar-refractivity contribution in [3.8, 4) is 0 Å². The molecule has 0 fully saturated rings. The van der Waals surface area contributed by atoms with Crippen LogP contribution in [0.3, 0.4) is 0 Å². The van der Waals surface area contributed by atoms with Gasteiger partial charge >= 0.3 is 11.9 Å². The largest absolute Gasteiger partial charge is 0.478 e. The fourth-order valence-electron chi connectivity index (χ4n) is 3.08. The van der Waals surface area contributed by atoms with Gasteiger partial charge in [0.05, 0.1) is 37.3 Å². The molecular formula is C22H38NO4+. The Morgan fingerprint density at radius 3 is 1.41 bits per heavy atom. The Labute approximate surface area is 164 Å². The van der Waals surface area contributed by atoms with Gasteiger partial charge in [0.1, 0.15) is 0 Å². The smallest absolute Gasteiger partial charge is 0.335 e. The third-order valence-corrected chi connectivity index (χ3v) is 4.99. The highest BCUT2D eigenvalue weighted by molar-refractivity contribution is 5.93. The van der Waals surface area contributed by atoms with Crippen LogP contribution in [0.1, 0.15) is 86.9 Å². The molecule has 2 N–H and O–H groups in total. The van der Waals surface area contributed by atoms with Gasteiger partial charge in [-0.15, -0.1) is 0 Å². The highest BCUT2D eigenvalue weighted by Crippen LogP contribution is 2.14. The molecule has 1 aromatic rings. The molecule has 0 unspecified atom stereocenters. The molecule has 0 amide bonds. The van der Waals surface area contributed by atoms with E-state index in [2.05, 4.69) is 27.7 Å². The van der Waals surface area contributed by atoms with Crippen LogP contribution in [0.2, 0.25) is 0 Å². The van der Waals surface area contributed by atoms with Gasteiger partial charge in [0.2, 0.25) is 0 Å². The summed E-state index contributed by atoms with van der Waals surface area (Å²) in [6, 6.07) is 5.20. The molecule has 0 aliphatic heterocycles. The zero-order chi connectivity index (χ0) is 20.7. The fourth-order valence-corrected chi connectivity index (χ4v) is 3.08. The number of carboxylic acid groups (broad SMARTS) is 2. The maximum absolute atomic E-state index is 10.4. The molecule has 0 spiro atoms. The van der Waals surface area contributed by atoms with Crippen molar-refractivity contribution in [3.63, 3.8) is 0 Å². The first kappa shape index (κ1) is 25.1. The predicted octanol–water partition coefficient (Wildman–Crippen LogP) is 5.31. The van der Waals surface area contributed by atoms with Crippen LogP contribution in [0.25, 0.3) is 0 Å². The average molecular weight is 381 g/mol. The summed E-state index contributed by atoms with van der Waals surface area (Å²) in [5.41, 5.74) is -0.0372. The molecule has 0 bridgehead atoms. The molecule has 154 valence electrons. The molecule has 27 heavy (non-hydrogen) atoms. The Balaban J connectivity index is 0.000000511. The molecule has 0 aliphatic carbocycles. The van der Waals surface area contributed by atoms with Gasteiger partial charge in [-0.3, -0.25) is 0 Å². The predicted molar refractivity (Wildman–Crippen MR) is 110 cm³/mol. The summed E-state index contributed by atoms with van der Waals surface area (Å²) < 4.78 is 1.38. The van der Waals surface area contributed by atoms with E-state index in [4.69, 9.17) is 10.2 Å². The van der Waals surface area contributed by atoms with E-state index in [0.29, 0.717) is 0 Å². The first-order valence-corrected chi connectivity index (χ1v) is 10.3. The highest BCUT2D eigenvalue weighted by Gasteiger charge is 2.22. The molecule has 5 nitrogen and oxygen atoms in total. The summed E-state index contributed by atoms with van der Waals surface area (Å²) in [5, 5.41) is 17.0. The Kier molecular flexibility index (Phi) is 13.2. The van der Waals surface area contributed by atoms with Gasteiger partial charge in [0, 0.05) is 0 Å². The number of unbranched alkanes of at least 4 members (excludes halogenated alkanes) is 3. The second kappa shape index (κ2) is 14.2. The van der Waals surface area contributed by atoms with Crippen LogP contribution in [0.15, 0.2) is 24.3 Å². The Morgan fingerprint density at radius 2 is 1.15 bits per heavy atom. The van der Waals surface area contributed by atoms with Crippen LogP contribution < -0.4 is 0 Å². The molecule has 0 aliphatic rings. The number of aromatic carboxylic acids is 2. The standard InChI is InChI=1S/C14H32N.C8H6O4/c1-5-9-12-15(8-4,13-10-6-2)14-11-7-3;9-7(10)5-2-1-3-6(4-5)8(11)12/h5-14H2,1-4H3;1-4H,(H,9,10)(H,11,12)/q+1;. The molecule has 0 radical (unpaired) electrons. The maximum atomic E-state index is 10.4. The van der Waals surface area contributed by atoms with E-state index in [1.807, 2.05) is 0 Å². The van der Waals surface area contributed by atoms with Gasteiger partial charge in [-0.25, -0.2) is 9.59 Å². The van der Waals surface area contributed by atoms with E-state index in [-0.39, 0.29) is 11.1 Å². The van der Waals surface area contributed by atoms with Crippen LogP contribution in [-0.4, -0.2) is 52.8 Å². The monoisotopic (exact) mass is 380 g/mol. The average Bonchev–Trinajstić information content (AvgIpc) is 2.68. The lowest BCUT2D eigenvalue weighted by Crippen LogP contribution is -2.49. The van der Waals surface area contributed by atoms with Crippen molar-refractivity contribution in [1.82, 2.24) is 0 Å². The van der Waals surface area contributed by atoms with Crippen LogP contribution in [0.4, 0.5) is 0 Å². The molecule has 0 saturated carbocycles. The lowest BCUT2D eigenvalue weighted by Gasteiger charge is -2.38. The van der Waals surface area contributed by atoms with E-state index in [9.17, 15) is 9.59 Å². The second-order valence-corrected chi connectivity index (χ2v) is 7.08. The number of hydrogen-bond acceptors (Lipinski definition) is 2. The van der Waals surface area contributed by atoms with Crippen LogP contribution in [-0.2, 0) is 0 Å². The van der Waals surface area contributed by atoms with Crippen molar-refractivity contribution >= 4 is 11.9 Å². The summed E-state index contributed by atoms with van der Waals surface area (Å²) in [4.78, 5) is 20.8. The van der Waals surface area contributed by atoms with E-state index >= 15 is 0 Å². The number of quaternary nitrogens is 1. The maximum Gasteiger partial charge on any atom is 0.335 e. The first-order chi connectivity index (χ1) is 12.9. The van der Waals surface area contributed by atoms with Crippen molar-refractivity contribution in [2.24, 2.45) is 0 Å². The van der Waals surface area contributed by atoms with Gasteiger partial charge in [-0.1, -0.05) is 46.1 Å². The molecule has 1 rings (SSSR count). The topological polar surface area (TPSA) is 74.6 Å². The third kappa shape index (κ3) is 10.1. The van der Waals surface area contributed by atoms with E-state index in [0.717, 1.165) is 6.07 Å². The number of benzene rings is 1. The summed E-state index contributed by atoms with van der Waals surface area (Å²) in [6.45, 7) is 14.9. The minimum atomic E-state index is -1.13. The second-order valence-electron chi connectivity index (χ2n) is 7.08. The van der Waals surface area contributed by atoms with Crippen molar-refractivity contribution in [2.45, 2.75) is 66.2 Å². The SMILES string of the molecule is CCCC[N+](CC)(CCCC)CCCC.O=C(O)c1cccc(C(=O)O)c1. The van der Waals surface area contributed by atoms with Crippen LogP contribution in [0.5, 0.6) is 0 Å². The van der Waals surface area contributed by atoms with Crippen molar-refractivity contribution in [1.29, 1.82) is 0 Å². The van der Waals surface area contributed by atoms with Gasteiger partial charge < -0.3 is 14.7 Å². The summed E-state index contributed by atoms with van der Waals surface area (Å²) in [7, 11) is 0. The molecule has 0 saturated heterocycles. The van der Waals surface area contributed by atoms with Crippen LogP contribution >= 0.6 is 0 Å². The molecule has 5 heteroatoms. The van der Waals surface area contributed by atoms with E-state index in [1.165, 1.54) is 87.4 Å². The minimum absolute atomic E-state index is 0.0186. The van der Waals surface area contributed by atoms with E-state index < -0.39 is 11.9 Å². The zero-order valence-electron chi connectivity index (χ0n) is 17.5. The molecule has 0 aromatic heterocycles. The van der Waals surface area contributed by atoms with Crippen molar-refractivity contribution < 1.29 is 24.3 Å². The molecular weight excluding hydrogens is 342 g/mol. The lowest BCUT2D eigenvalue weighted by molar-refractivity contribution is -0.927. The quantitative estimate of drug-likeness (QED) is 0.482. The normalized spacial score (nSPS) is 10.8. The number of carboxylic acids is 2. The number of carbonyl (C=O) groups is 2. The summed E-state index contributed by atoms with van der Waals surface area (Å²) in [6.07, 6.45) is 8.25. The fraction of sp³-hybridized carbons (Fsp3) is 0.636. The zero-order valence-corrected chi connectivity index (χ0v) is 17.5. The minimum Gasteiger partial charge on any atom is -0.478 e. The molecule has 0 heterocycles. The highest BCUT2D eigenvalue weighted by atomic mass is 16.4. The van der Waals surface area contributed by atoms with E-state index in [1.54, 1.807) is 0 Å². The summed E-state index contributed by atoms with van der Waals surface area (Å²) >= 11 is 0. The summed E-state index contributed by atoms with van der Waals surface area (Å²) in [5.74, 6) is -2.25. The number of hydrogen-bond donors (Lipinski definition) is 2. The van der Waals surface area contributed by atoms with Gasteiger partial charge in [0.25, 0.3) is 0 Å². The first-order valence-electron chi connectivity index (χ1n) is 10.3. The Hall–Kier alpha value is -1.88. The number of nitrogens with zero attached hydrogens (tertiary/aromatic N) is 1. The Bertz CT molecular complexity index is 506. The van der Waals surface area contributed by atoms with Gasteiger partial charge in [-0.2, -0.15) is 0 Å². The third-order valence-electron chi connectivity index (χ3n) is 4.99. The van der Waals surface area contributed by atoms with Crippen LogP contribution in [0, 0.1) is 0 Å². The van der Waals surface area contributed by atoms with Crippen molar-refractivity contribution in [3.05, 3.63) is 35.4 Å². The Morgan fingerprint density at radius 1 is 0.778 bits per heavy atom. The molecule has 1 aromatic carbocycles. The number of rotatable bonds is 12. The van der Waals surface area contributed by atoms with Gasteiger partial charge in [-0.05, 0) is 44.4 Å². The lowest BCUT2D eigenvalue weighted by atomic mass is 10.1. The van der Waals surface area contributed by atoms with Crippen molar-refractivity contribution in [2.75, 3.05) is 26.2 Å². The van der Waals surface area contributed by atoms with Gasteiger partial charge in [0.15, 0.2) is 0 Å².